The molecule has 0 amide bonds. The van der Waals surface area contributed by atoms with Crippen molar-refractivity contribution in [2.45, 2.75) is 6.42 Å². The minimum Gasteiger partial charge on any atom is -0.411 e. The first-order valence-corrected chi connectivity index (χ1v) is 5.14. The van der Waals surface area contributed by atoms with Crippen LogP contribution in [-0.2, 0) is 6.42 Å². The Morgan fingerprint density at radius 2 is 2.06 bits per heavy atom. The van der Waals surface area contributed by atoms with Gasteiger partial charge in [-0.2, -0.15) is 0 Å². The van der Waals surface area contributed by atoms with E-state index in [1.807, 2.05) is 36.5 Å². The molecule has 0 bridgehead atoms. The standard InChI is InChI=1S/C13H10N2O/c16-15-10-5-6-11-9(7-10)8-14-13-4-2-1-3-12(11)13/h1-6,8,16H,7H2. The van der Waals surface area contributed by atoms with Crippen LogP contribution in [0.4, 0.5) is 0 Å². The van der Waals surface area contributed by atoms with Crippen LogP contribution in [-0.4, -0.2) is 15.9 Å². The summed E-state index contributed by atoms with van der Waals surface area (Å²) in [5.41, 5.74) is 3.95. The van der Waals surface area contributed by atoms with Crippen molar-refractivity contribution in [3.05, 3.63) is 47.7 Å². The second-order valence-corrected chi connectivity index (χ2v) is 3.82. The lowest BCUT2D eigenvalue weighted by Crippen LogP contribution is -2.07. The van der Waals surface area contributed by atoms with Crippen LogP contribution >= 0.6 is 0 Å². The summed E-state index contributed by atoms with van der Waals surface area (Å²) in [5, 5.41) is 13.1. The minimum absolute atomic E-state index is 0.639. The number of pyridine rings is 1. The Kier molecular flexibility index (Phi) is 1.96. The number of nitrogens with zero attached hydrogens (tertiary/aromatic N) is 2. The molecule has 3 rings (SSSR count). The number of benzene rings is 1. The van der Waals surface area contributed by atoms with Gasteiger partial charge in [0, 0.05) is 18.0 Å². The van der Waals surface area contributed by atoms with Gasteiger partial charge in [-0.05, 0) is 23.3 Å². The van der Waals surface area contributed by atoms with E-state index >= 15 is 0 Å². The summed E-state index contributed by atoms with van der Waals surface area (Å²) in [7, 11) is 0. The summed E-state index contributed by atoms with van der Waals surface area (Å²) in [4.78, 5) is 4.39. The van der Waals surface area contributed by atoms with Crippen molar-refractivity contribution < 1.29 is 5.21 Å². The van der Waals surface area contributed by atoms with E-state index in [2.05, 4.69) is 16.2 Å². The smallest absolute Gasteiger partial charge is 0.0840 e. The van der Waals surface area contributed by atoms with Gasteiger partial charge in [-0.1, -0.05) is 29.4 Å². The molecule has 78 valence electrons. The van der Waals surface area contributed by atoms with Crippen LogP contribution in [0.25, 0.3) is 17.0 Å². The molecule has 0 radical (unpaired) electrons. The SMILES string of the molecule is ON=C1C=Cc2c(cnc3ccccc23)C1. The molecule has 1 aromatic carbocycles. The molecule has 1 aliphatic rings. The Balaban J connectivity index is 2.29. The van der Waals surface area contributed by atoms with Crippen molar-refractivity contribution >= 4 is 22.7 Å². The number of allylic oxidation sites excluding steroid dienone is 1. The van der Waals surface area contributed by atoms with Crippen molar-refractivity contribution in [2.24, 2.45) is 5.16 Å². The van der Waals surface area contributed by atoms with Gasteiger partial charge in [0.15, 0.2) is 0 Å². The fourth-order valence-electron chi connectivity index (χ4n) is 2.04. The van der Waals surface area contributed by atoms with E-state index in [1.165, 1.54) is 5.56 Å². The molecule has 1 heterocycles. The van der Waals surface area contributed by atoms with Crippen molar-refractivity contribution in [1.29, 1.82) is 0 Å². The maximum absolute atomic E-state index is 8.75. The summed E-state index contributed by atoms with van der Waals surface area (Å²) in [6.07, 6.45) is 6.32. The molecule has 0 aliphatic heterocycles. The molecule has 3 heteroatoms. The molecule has 0 fully saturated rings. The van der Waals surface area contributed by atoms with Crippen LogP contribution in [0, 0.1) is 0 Å². The number of aromatic nitrogens is 1. The first-order chi connectivity index (χ1) is 7.88. The number of fused-ring (bicyclic) bond motifs is 3. The fourth-order valence-corrected chi connectivity index (χ4v) is 2.04. The van der Waals surface area contributed by atoms with Crippen LogP contribution in [0.15, 0.2) is 41.7 Å². The van der Waals surface area contributed by atoms with Gasteiger partial charge in [0.1, 0.15) is 0 Å². The van der Waals surface area contributed by atoms with Gasteiger partial charge >= 0.3 is 0 Å². The van der Waals surface area contributed by atoms with Crippen molar-refractivity contribution in [3.63, 3.8) is 0 Å². The highest BCUT2D eigenvalue weighted by Gasteiger charge is 2.12. The average molecular weight is 210 g/mol. The van der Waals surface area contributed by atoms with E-state index < -0.39 is 0 Å². The maximum atomic E-state index is 8.75. The first kappa shape index (κ1) is 9.09. The summed E-state index contributed by atoms with van der Waals surface area (Å²) < 4.78 is 0. The summed E-state index contributed by atoms with van der Waals surface area (Å²) in [6.45, 7) is 0. The Hall–Kier alpha value is -2.16. The van der Waals surface area contributed by atoms with Gasteiger partial charge in [-0.3, -0.25) is 4.98 Å². The van der Waals surface area contributed by atoms with Crippen LogP contribution in [0.1, 0.15) is 11.1 Å². The van der Waals surface area contributed by atoms with Crippen LogP contribution in [0.5, 0.6) is 0 Å². The largest absolute Gasteiger partial charge is 0.411 e. The van der Waals surface area contributed by atoms with E-state index in [0.717, 1.165) is 16.5 Å². The van der Waals surface area contributed by atoms with Gasteiger partial charge in [-0.25, -0.2) is 0 Å². The number of hydrogen-bond donors (Lipinski definition) is 1. The fraction of sp³-hybridized carbons (Fsp3) is 0.0769. The third-order valence-electron chi connectivity index (χ3n) is 2.84. The molecule has 16 heavy (non-hydrogen) atoms. The lowest BCUT2D eigenvalue weighted by molar-refractivity contribution is 0.318. The average Bonchev–Trinajstić information content (AvgIpc) is 2.38. The van der Waals surface area contributed by atoms with Crippen LogP contribution < -0.4 is 0 Å². The summed E-state index contributed by atoms with van der Waals surface area (Å²) in [5.74, 6) is 0. The molecule has 0 spiro atoms. The van der Waals surface area contributed by atoms with Gasteiger partial charge in [0.25, 0.3) is 0 Å². The molecule has 0 saturated carbocycles. The Bertz CT molecular complexity index is 614. The topological polar surface area (TPSA) is 45.5 Å². The Morgan fingerprint density at radius 3 is 2.94 bits per heavy atom. The highest BCUT2D eigenvalue weighted by molar-refractivity contribution is 6.05. The van der Waals surface area contributed by atoms with Gasteiger partial charge < -0.3 is 5.21 Å². The number of oxime groups is 1. The number of hydrogen-bond acceptors (Lipinski definition) is 3. The summed E-state index contributed by atoms with van der Waals surface area (Å²) >= 11 is 0. The molecule has 2 aromatic rings. The van der Waals surface area contributed by atoms with E-state index in [-0.39, 0.29) is 0 Å². The van der Waals surface area contributed by atoms with E-state index in [9.17, 15) is 0 Å². The monoisotopic (exact) mass is 210 g/mol. The van der Waals surface area contributed by atoms with E-state index in [1.54, 1.807) is 0 Å². The van der Waals surface area contributed by atoms with Gasteiger partial charge in [-0.15, -0.1) is 0 Å². The molecule has 1 aromatic heterocycles. The van der Waals surface area contributed by atoms with Crippen molar-refractivity contribution in [1.82, 2.24) is 4.98 Å². The zero-order chi connectivity index (χ0) is 11.0. The molecule has 1 N–H and O–H groups in total. The van der Waals surface area contributed by atoms with E-state index in [0.29, 0.717) is 12.1 Å². The van der Waals surface area contributed by atoms with Crippen LogP contribution in [0.2, 0.25) is 0 Å². The zero-order valence-electron chi connectivity index (χ0n) is 8.59. The third kappa shape index (κ3) is 1.29. The third-order valence-corrected chi connectivity index (χ3v) is 2.84. The molecule has 0 saturated heterocycles. The second-order valence-electron chi connectivity index (χ2n) is 3.82. The normalized spacial score (nSPS) is 16.6. The number of para-hydroxylation sites is 1. The first-order valence-electron chi connectivity index (χ1n) is 5.14. The second kappa shape index (κ2) is 3.45. The molecule has 3 nitrogen and oxygen atoms in total. The minimum atomic E-state index is 0.639. The summed E-state index contributed by atoms with van der Waals surface area (Å²) in [6, 6.07) is 8.05. The number of rotatable bonds is 0. The Labute approximate surface area is 92.7 Å². The molecule has 0 unspecified atom stereocenters. The lowest BCUT2D eigenvalue weighted by atomic mass is 9.94. The highest BCUT2D eigenvalue weighted by atomic mass is 16.4. The highest BCUT2D eigenvalue weighted by Crippen LogP contribution is 2.25. The van der Waals surface area contributed by atoms with Crippen molar-refractivity contribution in [3.8, 4) is 0 Å². The molecular formula is C13H10N2O. The predicted octanol–water partition coefficient (Wildman–Crippen LogP) is 2.63. The van der Waals surface area contributed by atoms with Crippen molar-refractivity contribution in [2.75, 3.05) is 0 Å². The maximum Gasteiger partial charge on any atom is 0.0840 e. The van der Waals surface area contributed by atoms with Gasteiger partial charge in [0.2, 0.25) is 0 Å². The molecule has 0 atom stereocenters. The van der Waals surface area contributed by atoms with E-state index in [4.69, 9.17) is 5.21 Å². The van der Waals surface area contributed by atoms with Gasteiger partial charge in [0.05, 0.1) is 11.2 Å². The molecular weight excluding hydrogens is 200 g/mol. The molecule has 1 aliphatic carbocycles. The predicted molar refractivity (Wildman–Crippen MR) is 63.7 cm³/mol. The quantitative estimate of drug-likeness (QED) is 0.536. The lowest BCUT2D eigenvalue weighted by Gasteiger charge is -2.12. The zero-order valence-corrected chi connectivity index (χ0v) is 8.59. The van der Waals surface area contributed by atoms with Crippen LogP contribution in [0.3, 0.4) is 0 Å². The Morgan fingerprint density at radius 1 is 1.19 bits per heavy atom.